The van der Waals surface area contributed by atoms with Gasteiger partial charge in [-0.1, -0.05) is 54.1 Å². The monoisotopic (exact) mass is 286 g/mol. The third-order valence-corrected chi connectivity index (χ3v) is 3.42. The van der Waals surface area contributed by atoms with Gasteiger partial charge in [0.05, 0.1) is 5.92 Å². The van der Waals surface area contributed by atoms with Gasteiger partial charge in [-0.2, -0.15) is 0 Å². The van der Waals surface area contributed by atoms with Gasteiger partial charge >= 0.3 is 0 Å². The van der Waals surface area contributed by atoms with E-state index in [9.17, 15) is 9.59 Å². The van der Waals surface area contributed by atoms with E-state index in [2.05, 4.69) is 0 Å². The second kappa shape index (κ2) is 7.01. The van der Waals surface area contributed by atoms with Crippen molar-refractivity contribution in [3.05, 3.63) is 70.7 Å². The standard InChI is InChI=1S/C17H15ClO2/c18-16-8-6-14(7-9-16)11-17(20)15(12-19)10-13-4-2-1-3-5-13/h1-9,12,15H,10-11H2. The van der Waals surface area contributed by atoms with Crippen molar-refractivity contribution < 1.29 is 9.59 Å². The van der Waals surface area contributed by atoms with Gasteiger partial charge in [0.25, 0.3) is 0 Å². The summed E-state index contributed by atoms with van der Waals surface area (Å²) in [6.45, 7) is 0. The number of rotatable bonds is 6. The van der Waals surface area contributed by atoms with Gasteiger partial charge in [-0.15, -0.1) is 0 Å². The molecule has 0 spiro atoms. The van der Waals surface area contributed by atoms with Crippen LogP contribution in [0.2, 0.25) is 5.02 Å². The van der Waals surface area contributed by atoms with Crippen molar-refractivity contribution in [3.8, 4) is 0 Å². The molecule has 0 saturated carbocycles. The summed E-state index contributed by atoms with van der Waals surface area (Å²) in [5, 5.41) is 0.637. The largest absolute Gasteiger partial charge is 0.303 e. The van der Waals surface area contributed by atoms with Crippen LogP contribution in [-0.2, 0) is 22.4 Å². The lowest BCUT2D eigenvalue weighted by Crippen LogP contribution is -2.20. The minimum absolute atomic E-state index is 0.0637. The molecule has 2 nitrogen and oxygen atoms in total. The van der Waals surface area contributed by atoms with Crippen LogP contribution in [-0.4, -0.2) is 12.1 Å². The zero-order valence-corrected chi connectivity index (χ0v) is 11.7. The number of carbonyl (C=O) groups excluding carboxylic acids is 2. The number of hydrogen-bond donors (Lipinski definition) is 0. The van der Waals surface area contributed by atoms with Gasteiger partial charge < -0.3 is 4.79 Å². The van der Waals surface area contributed by atoms with Crippen molar-refractivity contribution in [1.82, 2.24) is 0 Å². The van der Waals surface area contributed by atoms with Crippen LogP contribution >= 0.6 is 11.6 Å². The molecule has 3 heteroatoms. The Morgan fingerprint density at radius 2 is 1.65 bits per heavy atom. The zero-order chi connectivity index (χ0) is 14.4. The van der Waals surface area contributed by atoms with Gasteiger partial charge in [0.1, 0.15) is 12.1 Å². The number of carbonyl (C=O) groups is 2. The Kier molecular flexibility index (Phi) is 5.08. The number of ketones is 1. The number of aldehydes is 1. The smallest absolute Gasteiger partial charge is 0.147 e. The summed E-state index contributed by atoms with van der Waals surface area (Å²) in [5.41, 5.74) is 1.87. The van der Waals surface area contributed by atoms with E-state index in [4.69, 9.17) is 11.6 Å². The number of Topliss-reactive ketones (excluding diaryl/α,β-unsaturated/α-hetero) is 1. The molecule has 0 heterocycles. The highest BCUT2D eigenvalue weighted by molar-refractivity contribution is 6.30. The van der Waals surface area contributed by atoms with Crippen molar-refractivity contribution in [1.29, 1.82) is 0 Å². The normalized spacial score (nSPS) is 11.8. The van der Waals surface area contributed by atoms with Gasteiger partial charge in [0.2, 0.25) is 0 Å². The SMILES string of the molecule is O=CC(Cc1ccccc1)C(=O)Cc1ccc(Cl)cc1. The van der Waals surface area contributed by atoms with Crippen LogP contribution in [0.4, 0.5) is 0 Å². The Morgan fingerprint density at radius 1 is 1.00 bits per heavy atom. The van der Waals surface area contributed by atoms with E-state index >= 15 is 0 Å². The van der Waals surface area contributed by atoms with Crippen LogP contribution in [0.25, 0.3) is 0 Å². The molecule has 0 radical (unpaired) electrons. The lowest BCUT2D eigenvalue weighted by Gasteiger charge is -2.09. The molecule has 2 aromatic rings. The topological polar surface area (TPSA) is 34.1 Å². The number of benzene rings is 2. The quantitative estimate of drug-likeness (QED) is 0.601. The first-order valence-corrected chi connectivity index (χ1v) is 6.83. The van der Waals surface area contributed by atoms with Crippen LogP contribution in [0.3, 0.4) is 0 Å². The first-order valence-electron chi connectivity index (χ1n) is 6.45. The van der Waals surface area contributed by atoms with E-state index in [0.29, 0.717) is 11.4 Å². The molecule has 2 rings (SSSR count). The summed E-state index contributed by atoms with van der Waals surface area (Å²) in [7, 11) is 0. The fraction of sp³-hybridized carbons (Fsp3) is 0.176. The molecule has 1 unspecified atom stereocenters. The minimum Gasteiger partial charge on any atom is -0.303 e. The van der Waals surface area contributed by atoms with E-state index in [1.807, 2.05) is 42.5 Å². The molecule has 0 aliphatic carbocycles. The minimum atomic E-state index is -0.590. The summed E-state index contributed by atoms with van der Waals surface area (Å²) in [5.74, 6) is -0.653. The Labute approximate surface area is 123 Å². The molecular formula is C17H15ClO2. The predicted octanol–water partition coefficient (Wildman–Crippen LogP) is 3.51. The van der Waals surface area contributed by atoms with E-state index < -0.39 is 5.92 Å². The molecule has 0 aliphatic heterocycles. The van der Waals surface area contributed by atoms with Gasteiger partial charge in [0.15, 0.2) is 0 Å². The molecule has 0 N–H and O–H groups in total. The van der Waals surface area contributed by atoms with Crippen molar-refractivity contribution in [3.63, 3.8) is 0 Å². The van der Waals surface area contributed by atoms with Crippen LogP contribution in [0.5, 0.6) is 0 Å². The number of halogens is 1. The molecule has 0 aliphatic rings. The third kappa shape index (κ3) is 4.04. The molecule has 0 fully saturated rings. The fourth-order valence-electron chi connectivity index (χ4n) is 2.04. The van der Waals surface area contributed by atoms with Crippen molar-refractivity contribution in [2.45, 2.75) is 12.8 Å². The lowest BCUT2D eigenvalue weighted by molar-refractivity contribution is -0.126. The molecule has 0 saturated heterocycles. The van der Waals surface area contributed by atoms with Crippen molar-refractivity contribution in [2.24, 2.45) is 5.92 Å². The van der Waals surface area contributed by atoms with Crippen LogP contribution in [0.15, 0.2) is 54.6 Å². The highest BCUT2D eigenvalue weighted by atomic mass is 35.5. The average Bonchev–Trinajstić information content (AvgIpc) is 2.48. The summed E-state index contributed by atoms with van der Waals surface area (Å²) >= 11 is 5.80. The predicted molar refractivity (Wildman–Crippen MR) is 79.9 cm³/mol. The molecule has 0 aromatic heterocycles. The first kappa shape index (κ1) is 14.5. The first-order chi connectivity index (χ1) is 9.69. The lowest BCUT2D eigenvalue weighted by atomic mass is 9.93. The third-order valence-electron chi connectivity index (χ3n) is 3.17. The van der Waals surface area contributed by atoms with Crippen molar-refractivity contribution >= 4 is 23.7 Å². The van der Waals surface area contributed by atoms with Crippen LogP contribution < -0.4 is 0 Å². The summed E-state index contributed by atoms with van der Waals surface area (Å²) in [6, 6.07) is 16.7. The summed E-state index contributed by atoms with van der Waals surface area (Å²) in [6.07, 6.45) is 1.45. The maximum absolute atomic E-state index is 12.2. The van der Waals surface area contributed by atoms with Gasteiger partial charge in [-0.25, -0.2) is 0 Å². The molecule has 0 bridgehead atoms. The highest BCUT2D eigenvalue weighted by Crippen LogP contribution is 2.14. The van der Waals surface area contributed by atoms with Crippen molar-refractivity contribution in [2.75, 3.05) is 0 Å². The van der Waals surface area contributed by atoms with Gasteiger partial charge in [-0.3, -0.25) is 4.79 Å². The summed E-state index contributed by atoms with van der Waals surface area (Å²) in [4.78, 5) is 23.3. The van der Waals surface area contributed by atoms with E-state index in [1.165, 1.54) is 0 Å². The molecule has 0 amide bonds. The molecule has 1 atom stereocenters. The fourth-order valence-corrected chi connectivity index (χ4v) is 2.17. The number of hydrogen-bond acceptors (Lipinski definition) is 2. The Hall–Kier alpha value is -1.93. The second-order valence-electron chi connectivity index (χ2n) is 4.70. The second-order valence-corrected chi connectivity index (χ2v) is 5.14. The highest BCUT2D eigenvalue weighted by Gasteiger charge is 2.18. The van der Waals surface area contributed by atoms with Gasteiger partial charge in [0, 0.05) is 11.4 Å². The van der Waals surface area contributed by atoms with E-state index in [0.717, 1.165) is 17.4 Å². The van der Waals surface area contributed by atoms with Gasteiger partial charge in [-0.05, 0) is 29.7 Å². The molecule has 102 valence electrons. The summed E-state index contributed by atoms with van der Waals surface area (Å²) < 4.78 is 0. The Balaban J connectivity index is 2.02. The Bertz CT molecular complexity index is 576. The molecular weight excluding hydrogens is 272 g/mol. The Morgan fingerprint density at radius 3 is 2.25 bits per heavy atom. The maximum Gasteiger partial charge on any atom is 0.147 e. The van der Waals surface area contributed by atoms with E-state index in [1.54, 1.807) is 12.1 Å². The van der Waals surface area contributed by atoms with Crippen LogP contribution in [0.1, 0.15) is 11.1 Å². The van der Waals surface area contributed by atoms with Crippen LogP contribution in [0, 0.1) is 5.92 Å². The van der Waals surface area contributed by atoms with E-state index in [-0.39, 0.29) is 12.2 Å². The molecule has 20 heavy (non-hydrogen) atoms. The average molecular weight is 287 g/mol. The molecule has 2 aromatic carbocycles. The maximum atomic E-state index is 12.2. The zero-order valence-electron chi connectivity index (χ0n) is 11.0.